The molecule has 3 heteroatoms. The minimum atomic E-state index is -0.321. The van der Waals surface area contributed by atoms with Crippen molar-refractivity contribution in [2.45, 2.75) is 76.7 Å². The monoisotopic (exact) mass is 324 g/mol. The summed E-state index contributed by atoms with van der Waals surface area (Å²) in [5.41, 5.74) is 0.250. The van der Waals surface area contributed by atoms with Gasteiger partial charge in [0.05, 0.1) is 11.5 Å². The molecule has 8 atom stereocenters. The van der Waals surface area contributed by atoms with Crippen LogP contribution < -0.4 is 0 Å². The third-order valence-corrected chi connectivity index (χ3v) is 8.98. The summed E-state index contributed by atoms with van der Waals surface area (Å²) in [5, 5.41) is 10.1. The molecule has 4 aliphatic rings. The lowest BCUT2D eigenvalue weighted by atomic mass is 9.45. The van der Waals surface area contributed by atoms with E-state index < -0.39 is 0 Å². The predicted molar refractivity (Wildman–Crippen MR) is 87.8 cm³/mol. The molecule has 124 valence electrons. The first-order chi connectivity index (χ1) is 10.4. The molecule has 4 aliphatic carbocycles. The Morgan fingerprint density at radius 1 is 1.00 bits per heavy atom. The standard InChI is InChI=1S/C19H29ClO2/c1-18-10-8-15(21)17(20)14(18)4-3-11-12-5-6-16(22)19(12,2)9-7-13(11)18/h11-15,17,21H,3-10H2,1-2H3/t11-,12-,13-,14-,15+,17+,18+,19-/m0/s1. The van der Waals surface area contributed by atoms with Crippen LogP contribution in [0.3, 0.4) is 0 Å². The second-order valence-electron chi connectivity index (χ2n) is 9.03. The van der Waals surface area contributed by atoms with Crippen molar-refractivity contribution in [2.75, 3.05) is 0 Å². The number of hydrogen-bond acceptors (Lipinski definition) is 2. The summed E-state index contributed by atoms with van der Waals surface area (Å²) in [5.74, 6) is 3.02. The van der Waals surface area contributed by atoms with Gasteiger partial charge in [0, 0.05) is 11.8 Å². The molecule has 4 saturated carbocycles. The average molecular weight is 325 g/mol. The number of halogens is 1. The van der Waals surface area contributed by atoms with Gasteiger partial charge in [-0.2, -0.15) is 0 Å². The first-order valence-electron chi connectivity index (χ1n) is 9.23. The van der Waals surface area contributed by atoms with E-state index in [1.165, 1.54) is 12.8 Å². The van der Waals surface area contributed by atoms with Gasteiger partial charge in [0.2, 0.25) is 0 Å². The van der Waals surface area contributed by atoms with E-state index in [2.05, 4.69) is 13.8 Å². The molecule has 22 heavy (non-hydrogen) atoms. The summed E-state index contributed by atoms with van der Waals surface area (Å²) < 4.78 is 0. The van der Waals surface area contributed by atoms with Crippen LogP contribution >= 0.6 is 11.6 Å². The van der Waals surface area contributed by atoms with E-state index in [1.54, 1.807) is 0 Å². The van der Waals surface area contributed by atoms with Crippen molar-refractivity contribution in [1.29, 1.82) is 0 Å². The van der Waals surface area contributed by atoms with Gasteiger partial charge in [-0.1, -0.05) is 13.8 Å². The Morgan fingerprint density at radius 2 is 1.77 bits per heavy atom. The maximum Gasteiger partial charge on any atom is 0.139 e. The van der Waals surface area contributed by atoms with Gasteiger partial charge in [-0.25, -0.2) is 0 Å². The Bertz CT molecular complexity index is 492. The van der Waals surface area contributed by atoms with Crippen LogP contribution in [-0.2, 0) is 4.79 Å². The molecule has 0 radical (unpaired) electrons. The number of carbonyl (C=O) groups excluding carboxylic acids is 1. The number of fused-ring (bicyclic) bond motifs is 5. The number of hydrogen-bond donors (Lipinski definition) is 1. The molecule has 0 amide bonds. The molecule has 0 saturated heterocycles. The van der Waals surface area contributed by atoms with Gasteiger partial charge >= 0.3 is 0 Å². The molecule has 0 aliphatic heterocycles. The smallest absolute Gasteiger partial charge is 0.139 e. The van der Waals surface area contributed by atoms with Crippen molar-refractivity contribution in [3.05, 3.63) is 0 Å². The highest BCUT2D eigenvalue weighted by Crippen LogP contribution is 2.65. The van der Waals surface area contributed by atoms with Crippen LogP contribution in [0.25, 0.3) is 0 Å². The molecule has 0 spiro atoms. The van der Waals surface area contributed by atoms with Gasteiger partial charge in [0.15, 0.2) is 0 Å². The summed E-state index contributed by atoms with van der Waals surface area (Å²) in [6.45, 7) is 4.68. The Labute approximate surface area is 139 Å². The van der Waals surface area contributed by atoms with Crippen molar-refractivity contribution in [2.24, 2.45) is 34.5 Å². The third kappa shape index (κ3) is 1.86. The van der Waals surface area contributed by atoms with Crippen LogP contribution in [0.2, 0.25) is 0 Å². The lowest BCUT2D eigenvalue weighted by Crippen LogP contribution is -2.57. The van der Waals surface area contributed by atoms with E-state index in [-0.39, 0.29) is 22.3 Å². The molecule has 0 aromatic heterocycles. The molecule has 2 nitrogen and oxygen atoms in total. The second-order valence-corrected chi connectivity index (χ2v) is 9.54. The Morgan fingerprint density at radius 3 is 2.55 bits per heavy atom. The maximum absolute atomic E-state index is 12.4. The van der Waals surface area contributed by atoms with Crippen LogP contribution in [0.5, 0.6) is 0 Å². The molecule has 0 bridgehead atoms. The van der Waals surface area contributed by atoms with Crippen molar-refractivity contribution in [3.63, 3.8) is 0 Å². The highest BCUT2D eigenvalue weighted by atomic mass is 35.5. The number of aliphatic hydroxyl groups excluding tert-OH is 1. The van der Waals surface area contributed by atoms with E-state index in [0.717, 1.165) is 38.5 Å². The largest absolute Gasteiger partial charge is 0.392 e. The maximum atomic E-state index is 12.4. The van der Waals surface area contributed by atoms with Gasteiger partial charge in [-0.3, -0.25) is 4.79 Å². The number of rotatable bonds is 0. The van der Waals surface area contributed by atoms with Crippen LogP contribution in [0, 0.1) is 34.5 Å². The Hall–Kier alpha value is -0.0800. The minimum absolute atomic E-state index is 0.0289. The minimum Gasteiger partial charge on any atom is -0.392 e. The lowest BCUT2D eigenvalue weighted by molar-refractivity contribution is -0.141. The molecule has 0 aromatic rings. The molecule has 0 unspecified atom stereocenters. The van der Waals surface area contributed by atoms with E-state index >= 15 is 0 Å². The first kappa shape index (κ1) is 15.4. The fourth-order valence-corrected chi connectivity index (χ4v) is 7.58. The number of carbonyl (C=O) groups is 1. The predicted octanol–water partition coefficient (Wildman–Crippen LogP) is 4.18. The third-order valence-electron chi connectivity index (χ3n) is 8.38. The summed E-state index contributed by atoms with van der Waals surface area (Å²) >= 11 is 6.62. The Kier molecular flexibility index (Phi) is 3.48. The zero-order chi connectivity index (χ0) is 15.7. The van der Waals surface area contributed by atoms with Crippen molar-refractivity contribution >= 4 is 17.4 Å². The summed E-state index contributed by atoms with van der Waals surface area (Å²) in [6.07, 6.45) is 8.19. The number of aliphatic hydroxyl groups is 1. The summed E-state index contributed by atoms with van der Waals surface area (Å²) in [7, 11) is 0. The van der Waals surface area contributed by atoms with Crippen LogP contribution in [0.4, 0.5) is 0 Å². The fraction of sp³-hybridized carbons (Fsp3) is 0.947. The fourth-order valence-electron chi connectivity index (χ4n) is 7.04. The van der Waals surface area contributed by atoms with Crippen molar-refractivity contribution in [3.8, 4) is 0 Å². The van der Waals surface area contributed by atoms with E-state index in [9.17, 15) is 9.90 Å². The van der Waals surface area contributed by atoms with Gasteiger partial charge < -0.3 is 5.11 Å². The van der Waals surface area contributed by atoms with Crippen molar-refractivity contribution in [1.82, 2.24) is 0 Å². The van der Waals surface area contributed by atoms with Gasteiger partial charge in [0.1, 0.15) is 5.78 Å². The first-order valence-corrected chi connectivity index (χ1v) is 9.67. The zero-order valence-corrected chi connectivity index (χ0v) is 14.6. The normalized spacial score (nSPS) is 57.9. The quantitative estimate of drug-likeness (QED) is 0.679. The number of alkyl halides is 1. The molecule has 1 N–H and O–H groups in total. The summed E-state index contributed by atoms with van der Waals surface area (Å²) in [6, 6.07) is 0. The van der Waals surface area contributed by atoms with Crippen LogP contribution in [0.1, 0.15) is 65.2 Å². The molecule has 4 rings (SSSR count). The topological polar surface area (TPSA) is 37.3 Å². The van der Waals surface area contributed by atoms with E-state index in [1.807, 2.05) is 0 Å². The van der Waals surface area contributed by atoms with Crippen LogP contribution in [-0.4, -0.2) is 22.4 Å². The van der Waals surface area contributed by atoms with Gasteiger partial charge in [-0.05, 0) is 74.0 Å². The zero-order valence-electron chi connectivity index (χ0n) is 13.9. The highest BCUT2D eigenvalue weighted by molar-refractivity contribution is 6.21. The lowest BCUT2D eigenvalue weighted by Gasteiger charge is -2.61. The molecule has 0 heterocycles. The average Bonchev–Trinajstić information content (AvgIpc) is 2.79. The number of Topliss-reactive ketones (excluding diaryl/α,β-unsaturated/α-hetero) is 1. The van der Waals surface area contributed by atoms with Crippen molar-refractivity contribution < 1.29 is 9.90 Å². The second kappa shape index (κ2) is 4.96. The molecular weight excluding hydrogens is 296 g/mol. The molecule has 0 aromatic carbocycles. The Balaban J connectivity index is 1.65. The summed E-state index contributed by atoms with van der Waals surface area (Å²) in [4.78, 5) is 12.4. The van der Waals surface area contributed by atoms with Gasteiger partial charge in [-0.15, -0.1) is 11.6 Å². The SMILES string of the molecule is C[C@]12CC[C@@H](O)[C@H](Cl)[C@@H]1CC[C@@H]1[C@@H]2CC[C@]2(C)C(=O)CC[C@@H]12. The number of ketones is 1. The highest BCUT2D eigenvalue weighted by Gasteiger charge is 2.61. The van der Waals surface area contributed by atoms with E-state index in [0.29, 0.717) is 29.5 Å². The van der Waals surface area contributed by atoms with E-state index in [4.69, 9.17) is 11.6 Å². The molecule has 4 fully saturated rings. The van der Waals surface area contributed by atoms with Crippen LogP contribution in [0.15, 0.2) is 0 Å². The van der Waals surface area contributed by atoms with Gasteiger partial charge in [0.25, 0.3) is 0 Å². The molecular formula is C19H29ClO2.